The number of likely N-dealkylation sites (tertiary alicyclic amines) is 1. The van der Waals surface area contributed by atoms with Crippen LogP contribution in [-0.2, 0) is 4.79 Å². The van der Waals surface area contributed by atoms with Gasteiger partial charge in [-0.3, -0.25) is 4.79 Å². The first-order valence-electron chi connectivity index (χ1n) is 11.1. The number of anilines is 2. The number of carbonyl (C=O) groups is 1. The number of hydrogen-bond acceptors (Lipinski definition) is 7. The number of fused-ring (bicyclic) bond motifs is 1. The molecular weight excluding hydrogens is 432 g/mol. The largest absolute Gasteiger partial charge is 0.493 e. The second-order valence-electron chi connectivity index (χ2n) is 8.76. The summed E-state index contributed by atoms with van der Waals surface area (Å²) >= 11 is 0. The highest BCUT2D eigenvalue weighted by atomic mass is 16.5. The molecule has 2 aromatic carbocycles. The van der Waals surface area contributed by atoms with Gasteiger partial charge in [-0.2, -0.15) is 0 Å². The molecule has 2 N–H and O–H groups in total. The maximum absolute atomic E-state index is 12.3. The highest BCUT2D eigenvalue weighted by Gasteiger charge is 2.32. The van der Waals surface area contributed by atoms with E-state index in [-0.39, 0.29) is 12.0 Å². The van der Waals surface area contributed by atoms with E-state index in [4.69, 9.17) is 15.9 Å². The number of carbonyl (C=O) groups excluding carboxylic acids is 1. The summed E-state index contributed by atoms with van der Waals surface area (Å²) in [4.78, 5) is 22.8. The molecule has 1 saturated heterocycles. The molecule has 3 aromatic rings. The van der Waals surface area contributed by atoms with Crippen LogP contribution in [0, 0.1) is 12.3 Å². The van der Waals surface area contributed by atoms with Crippen LogP contribution in [-0.4, -0.2) is 57.8 Å². The number of ether oxygens (including phenoxy) is 2. The highest BCUT2D eigenvalue weighted by molar-refractivity contribution is 5.93. The third-order valence-electron chi connectivity index (χ3n) is 5.76. The molecule has 0 spiro atoms. The van der Waals surface area contributed by atoms with Crippen LogP contribution in [0.3, 0.4) is 0 Å². The third kappa shape index (κ3) is 5.05. The average molecular weight is 461 g/mol. The van der Waals surface area contributed by atoms with Crippen molar-refractivity contribution in [2.45, 2.75) is 38.4 Å². The molecule has 34 heavy (non-hydrogen) atoms. The van der Waals surface area contributed by atoms with Crippen molar-refractivity contribution in [2.75, 3.05) is 25.5 Å². The molecular formula is C26H28N4O4. The lowest BCUT2D eigenvalue weighted by Crippen LogP contribution is -2.49. The Kier molecular flexibility index (Phi) is 6.57. The van der Waals surface area contributed by atoms with E-state index >= 15 is 0 Å². The molecule has 0 radical (unpaired) electrons. The monoisotopic (exact) mass is 460 g/mol. The molecule has 1 amide bonds. The lowest BCUT2D eigenvalue weighted by atomic mass is 10.0. The number of benzene rings is 2. The number of aliphatic hydroxyl groups is 1. The molecule has 0 unspecified atom stereocenters. The molecule has 176 valence electrons. The van der Waals surface area contributed by atoms with Crippen molar-refractivity contribution in [3.05, 3.63) is 48.3 Å². The molecule has 0 bridgehead atoms. The predicted octanol–water partition coefficient (Wildman–Crippen LogP) is 3.50. The molecule has 8 heteroatoms. The van der Waals surface area contributed by atoms with E-state index in [2.05, 4.69) is 21.2 Å². The zero-order chi connectivity index (χ0) is 24.3. The second-order valence-corrected chi connectivity index (χ2v) is 8.76. The highest BCUT2D eigenvalue weighted by Crippen LogP contribution is 2.36. The number of piperidine rings is 1. The van der Waals surface area contributed by atoms with Gasteiger partial charge < -0.3 is 24.8 Å². The molecule has 1 aromatic heterocycles. The van der Waals surface area contributed by atoms with Gasteiger partial charge in [0.25, 0.3) is 5.91 Å². The van der Waals surface area contributed by atoms with Gasteiger partial charge in [0, 0.05) is 48.6 Å². The topological polar surface area (TPSA) is 96.8 Å². The maximum Gasteiger partial charge on any atom is 0.253 e. The summed E-state index contributed by atoms with van der Waals surface area (Å²) in [5, 5.41) is 14.1. The first-order valence-corrected chi connectivity index (χ1v) is 11.1. The zero-order valence-corrected chi connectivity index (χ0v) is 19.5. The van der Waals surface area contributed by atoms with Crippen molar-refractivity contribution < 1.29 is 19.4 Å². The van der Waals surface area contributed by atoms with E-state index in [0.29, 0.717) is 48.8 Å². The van der Waals surface area contributed by atoms with Crippen molar-refractivity contribution in [1.29, 1.82) is 0 Å². The lowest BCUT2D eigenvalue weighted by molar-refractivity contribution is -0.149. The molecule has 0 atom stereocenters. The Labute approximate surface area is 198 Å². The van der Waals surface area contributed by atoms with Gasteiger partial charge in [0.05, 0.1) is 12.6 Å². The van der Waals surface area contributed by atoms with E-state index in [1.54, 1.807) is 12.0 Å². The van der Waals surface area contributed by atoms with E-state index in [0.717, 1.165) is 16.6 Å². The lowest BCUT2D eigenvalue weighted by Gasteiger charge is -2.35. The van der Waals surface area contributed by atoms with Gasteiger partial charge in [0.15, 0.2) is 11.5 Å². The summed E-state index contributed by atoms with van der Waals surface area (Å²) in [6.07, 6.45) is 8.22. The number of aromatic nitrogens is 2. The SMILES string of the molecule is C#Cc1cccc(Nc2ncnc3cc(OC)c(OC4CCN(C(=O)C(C)(C)O)CC4)cc23)c1. The Hall–Kier alpha value is -3.83. The number of nitrogens with zero attached hydrogens (tertiary/aromatic N) is 3. The van der Waals surface area contributed by atoms with E-state index in [1.165, 1.54) is 20.2 Å². The van der Waals surface area contributed by atoms with Gasteiger partial charge in [-0.05, 0) is 38.1 Å². The molecule has 4 rings (SSSR count). The normalized spacial score (nSPS) is 14.5. The molecule has 0 aliphatic carbocycles. The fourth-order valence-corrected chi connectivity index (χ4v) is 3.98. The van der Waals surface area contributed by atoms with Crippen molar-refractivity contribution in [1.82, 2.24) is 14.9 Å². The van der Waals surface area contributed by atoms with Gasteiger partial charge >= 0.3 is 0 Å². The summed E-state index contributed by atoms with van der Waals surface area (Å²) in [6.45, 7) is 4.05. The standard InChI is InChI=1S/C26H28N4O4/c1-5-17-7-6-8-18(13-17)29-24-20-14-23(22(33-4)15-21(20)27-16-28-24)34-19-9-11-30(12-10-19)25(31)26(2,3)32/h1,6-8,13-16,19,32H,9-12H2,2-4H3,(H,27,28,29). The predicted molar refractivity (Wildman–Crippen MR) is 130 cm³/mol. The molecule has 1 aliphatic rings. The molecule has 1 fully saturated rings. The van der Waals surface area contributed by atoms with E-state index in [9.17, 15) is 9.90 Å². The summed E-state index contributed by atoms with van der Waals surface area (Å²) in [5.41, 5.74) is 0.916. The molecule has 1 aliphatic heterocycles. The van der Waals surface area contributed by atoms with Crippen LogP contribution >= 0.6 is 0 Å². The van der Waals surface area contributed by atoms with Gasteiger partial charge in [-0.1, -0.05) is 12.0 Å². The van der Waals surface area contributed by atoms with Gasteiger partial charge in [-0.15, -0.1) is 6.42 Å². The Balaban J connectivity index is 1.56. The number of hydrogen-bond donors (Lipinski definition) is 2. The number of amides is 1. The first-order chi connectivity index (χ1) is 16.3. The molecule has 2 heterocycles. The smallest absolute Gasteiger partial charge is 0.253 e. The zero-order valence-electron chi connectivity index (χ0n) is 19.5. The quantitative estimate of drug-likeness (QED) is 0.544. The van der Waals surface area contributed by atoms with Crippen LogP contribution in [0.25, 0.3) is 10.9 Å². The van der Waals surface area contributed by atoms with E-state index < -0.39 is 5.60 Å². The van der Waals surface area contributed by atoms with Crippen LogP contribution in [0.5, 0.6) is 11.5 Å². The Morgan fingerprint density at radius 3 is 2.65 bits per heavy atom. The fraction of sp³-hybridized carbons (Fsp3) is 0.346. The van der Waals surface area contributed by atoms with Gasteiger partial charge in [0.1, 0.15) is 23.9 Å². The van der Waals surface area contributed by atoms with Crippen LogP contribution in [0.2, 0.25) is 0 Å². The summed E-state index contributed by atoms with van der Waals surface area (Å²) < 4.78 is 11.9. The Bertz CT molecular complexity index is 1240. The Morgan fingerprint density at radius 1 is 1.21 bits per heavy atom. The second kappa shape index (κ2) is 9.57. The van der Waals surface area contributed by atoms with Gasteiger partial charge in [-0.25, -0.2) is 9.97 Å². The number of nitrogens with one attached hydrogen (secondary N) is 1. The van der Waals surface area contributed by atoms with Crippen LogP contribution in [0.15, 0.2) is 42.7 Å². The van der Waals surface area contributed by atoms with Gasteiger partial charge in [0.2, 0.25) is 0 Å². The van der Waals surface area contributed by atoms with Crippen LogP contribution < -0.4 is 14.8 Å². The van der Waals surface area contributed by atoms with Crippen molar-refractivity contribution in [3.8, 4) is 23.8 Å². The third-order valence-corrected chi connectivity index (χ3v) is 5.76. The summed E-state index contributed by atoms with van der Waals surface area (Å²) in [6, 6.07) is 11.2. The van der Waals surface area contributed by atoms with Crippen molar-refractivity contribution in [2.24, 2.45) is 0 Å². The minimum Gasteiger partial charge on any atom is -0.493 e. The van der Waals surface area contributed by atoms with Crippen molar-refractivity contribution >= 4 is 28.3 Å². The number of rotatable bonds is 6. The van der Waals surface area contributed by atoms with Crippen molar-refractivity contribution in [3.63, 3.8) is 0 Å². The van der Waals surface area contributed by atoms with E-state index in [1.807, 2.05) is 36.4 Å². The minimum absolute atomic E-state index is 0.0921. The van der Waals surface area contributed by atoms with Crippen LogP contribution in [0.1, 0.15) is 32.3 Å². The Morgan fingerprint density at radius 2 is 1.97 bits per heavy atom. The maximum atomic E-state index is 12.3. The summed E-state index contributed by atoms with van der Waals surface area (Å²) in [7, 11) is 1.59. The fourth-order valence-electron chi connectivity index (χ4n) is 3.98. The minimum atomic E-state index is -1.38. The first kappa shape index (κ1) is 23.3. The average Bonchev–Trinajstić information content (AvgIpc) is 2.83. The van der Waals surface area contributed by atoms with Crippen LogP contribution in [0.4, 0.5) is 11.5 Å². The summed E-state index contributed by atoms with van der Waals surface area (Å²) in [5.74, 6) is 4.14. The molecule has 8 nitrogen and oxygen atoms in total. The molecule has 0 saturated carbocycles. The number of methoxy groups -OCH3 is 1. The number of terminal acetylenes is 1.